The fourth-order valence-corrected chi connectivity index (χ4v) is 3.62. The summed E-state index contributed by atoms with van der Waals surface area (Å²) in [6.45, 7) is 4.52. The molecule has 1 aliphatic heterocycles. The molecule has 0 spiro atoms. The third-order valence-corrected chi connectivity index (χ3v) is 5.53. The summed E-state index contributed by atoms with van der Waals surface area (Å²) in [5, 5.41) is 20.7. The van der Waals surface area contributed by atoms with Crippen molar-refractivity contribution in [3.05, 3.63) is 69.5 Å². The Morgan fingerprint density at radius 3 is 2.59 bits per heavy atom. The van der Waals surface area contributed by atoms with Crippen molar-refractivity contribution in [2.75, 3.05) is 18.9 Å². The number of hydrogen-bond acceptors (Lipinski definition) is 5. The van der Waals surface area contributed by atoms with Crippen molar-refractivity contribution in [2.24, 2.45) is 5.41 Å². The monoisotopic (exact) mass is 400 g/mol. The summed E-state index contributed by atoms with van der Waals surface area (Å²) in [5.74, 6) is -0.639. The van der Waals surface area contributed by atoms with Crippen LogP contribution in [0.2, 0.25) is 0 Å². The molecule has 2 unspecified atom stereocenters. The average molecular weight is 400 g/mol. The number of nitrogens with zero attached hydrogens (tertiary/aromatic N) is 1. The molecule has 1 amide bonds. The molecule has 1 heterocycles. The van der Waals surface area contributed by atoms with E-state index in [4.69, 9.17) is 0 Å². The van der Waals surface area contributed by atoms with Gasteiger partial charge in [0.15, 0.2) is 0 Å². The number of non-ortho nitro benzene ring substituents is 1. The molecule has 2 atom stereocenters. The smallest absolute Gasteiger partial charge is 0.269 e. The summed E-state index contributed by atoms with van der Waals surface area (Å²) in [4.78, 5) is 23.1. The number of hydrogen-bond donors (Lipinski definition) is 3. The van der Waals surface area contributed by atoms with Gasteiger partial charge in [0.25, 0.3) is 11.6 Å². The topological polar surface area (TPSA) is 96.3 Å². The summed E-state index contributed by atoms with van der Waals surface area (Å²) in [6, 6.07) is 10.2. The fraction of sp³-hybridized carbons (Fsp3) is 0.381. The molecule has 0 radical (unpaired) electrons. The van der Waals surface area contributed by atoms with Crippen molar-refractivity contribution in [3.63, 3.8) is 0 Å². The summed E-state index contributed by atoms with van der Waals surface area (Å²) in [6.07, 6.45) is 0.712. The Morgan fingerprint density at radius 2 is 1.97 bits per heavy atom. The first kappa shape index (κ1) is 20.7. The minimum absolute atomic E-state index is 0.0300. The highest BCUT2D eigenvalue weighted by molar-refractivity contribution is 5.94. The molecule has 3 N–H and O–H groups in total. The van der Waals surface area contributed by atoms with Gasteiger partial charge < -0.3 is 16.0 Å². The lowest BCUT2D eigenvalue weighted by Crippen LogP contribution is -2.48. The normalized spacial score (nSPS) is 18.5. The fourth-order valence-electron chi connectivity index (χ4n) is 3.62. The van der Waals surface area contributed by atoms with Crippen LogP contribution in [0.1, 0.15) is 42.2 Å². The maximum Gasteiger partial charge on any atom is 0.269 e. The summed E-state index contributed by atoms with van der Waals surface area (Å²) in [5.41, 5.74) is 1.89. The second kappa shape index (κ2) is 8.16. The molecule has 0 fully saturated rings. The van der Waals surface area contributed by atoms with Crippen LogP contribution in [0.25, 0.3) is 0 Å². The first-order valence-corrected chi connectivity index (χ1v) is 9.47. The Bertz CT molecular complexity index is 915. The van der Waals surface area contributed by atoms with Crippen molar-refractivity contribution in [2.45, 2.75) is 32.4 Å². The number of carbonyl (C=O) groups excluding carboxylic acids is 1. The Kier molecular flexibility index (Phi) is 5.83. The number of halogens is 1. The number of nitro benzene ring substituents is 1. The Morgan fingerprint density at radius 1 is 1.28 bits per heavy atom. The van der Waals surface area contributed by atoms with Crippen LogP contribution >= 0.6 is 0 Å². The number of fused-ring (bicyclic) bond motifs is 1. The van der Waals surface area contributed by atoms with Gasteiger partial charge in [-0.2, -0.15) is 0 Å². The quantitative estimate of drug-likeness (QED) is 0.508. The van der Waals surface area contributed by atoms with Crippen LogP contribution in [0.5, 0.6) is 0 Å². The second-order valence-corrected chi connectivity index (χ2v) is 7.98. The predicted octanol–water partition coefficient (Wildman–Crippen LogP) is 3.63. The van der Waals surface area contributed by atoms with Gasteiger partial charge in [-0.15, -0.1) is 0 Å². The number of benzene rings is 2. The molecule has 29 heavy (non-hydrogen) atoms. The molecule has 0 aliphatic carbocycles. The minimum atomic E-state index is -0.395. The Labute approximate surface area is 168 Å². The van der Waals surface area contributed by atoms with E-state index in [0.29, 0.717) is 18.5 Å². The maximum atomic E-state index is 13.0. The van der Waals surface area contributed by atoms with Crippen LogP contribution in [0.3, 0.4) is 0 Å². The molecule has 0 saturated carbocycles. The van der Waals surface area contributed by atoms with Gasteiger partial charge in [-0.3, -0.25) is 14.9 Å². The van der Waals surface area contributed by atoms with E-state index in [0.717, 1.165) is 11.3 Å². The second-order valence-electron chi connectivity index (χ2n) is 7.98. The van der Waals surface area contributed by atoms with Crippen molar-refractivity contribution in [1.82, 2.24) is 10.6 Å². The van der Waals surface area contributed by atoms with E-state index >= 15 is 0 Å². The summed E-state index contributed by atoms with van der Waals surface area (Å²) >= 11 is 0. The van der Waals surface area contributed by atoms with Crippen LogP contribution in [0.15, 0.2) is 42.5 Å². The summed E-state index contributed by atoms with van der Waals surface area (Å²) < 4.78 is 13.0. The average Bonchev–Trinajstić information content (AvgIpc) is 2.71. The van der Waals surface area contributed by atoms with Gasteiger partial charge >= 0.3 is 0 Å². The molecule has 0 saturated heterocycles. The maximum absolute atomic E-state index is 13.0. The zero-order valence-electron chi connectivity index (χ0n) is 16.7. The molecule has 0 aromatic heterocycles. The highest BCUT2D eigenvalue weighted by atomic mass is 19.1. The van der Waals surface area contributed by atoms with Crippen LogP contribution in [-0.4, -0.2) is 30.5 Å². The van der Waals surface area contributed by atoms with Gasteiger partial charge in [0.1, 0.15) is 5.82 Å². The molecular weight excluding hydrogens is 375 g/mol. The van der Waals surface area contributed by atoms with Crippen molar-refractivity contribution in [1.29, 1.82) is 0 Å². The van der Waals surface area contributed by atoms with Gasteiger partial charge in [-0.1, -0.05) is 13.8 Å². The van der Waals surface area contributed by atoms with E-state index in [1.165, 1.54) is 30.3 Å². The van der Waals surface area contributed by atoms with Crippen molar-refractivity contribution < 1.29 is 14.1 Å². The predicted molar refractivity (Wildman–Crippen MR) is 109 cm³/mol. The molecule has 0 bridgehead atoms. The standard InChI is InChI=1S/C21H25FN4O3/c1-21(2,12-24-20(27)13-4-6-14(22)7-5-13)19-11-18(23-3)16-10-15(26(28)29)8-9-17(16)25-19/h4-10,18-19,23,25H,11-12H2,1-3H3,(H,24,27). The highest BCUT2D eigenvalue weighted by Gasteiger charge is 2.36. The van der Waals surface area contributed by atoms with E-state index in [1.54, 1.807) is 12.1 Å². The third kappa shape index (κ3) is 4.54. The molecule has 1 aliphatic rings. The van der Waals surface area contributed by atoms with Gasteiger partial charge in [0.05, 0.1) is 4.92 Å². The summed E-state index contributed by atoms with van der Waals surface area (Å²) in [7, 11) is 1.83. The van der Waals surface area contributed by atoms with E-state index in [9.17, 15) is 19.3 Å². The number of anilines is 1. The highest BCUT2D eigenvalue weighted by Crippen LogP contribution is 2.39. The van der Waals surface area contributed by atoms with E-state index < -0.39 is 4.92 Å². The Balaban J connectivity index is 1.72. The van der Waals surface area contributed by atoms with Gasteiger partial charge in [0, 0.05) is 47.4 Å². The molecule has 8 heteroatoms. The van der Waals surface area contributed by atoms with E-state index in [1.807, 2.05) is 7.05 Å². The zero-order valence-corrected chi connectivity index (χ0v) is 16.7. The van der Waals surface area contributed by atoms with Gasteiger partial charge in [0.2, 0.25) is 0 Å². The largest absolute Gasteiger partial charge is 0.381 e. The molecule has 2 aromatic rings. The molecular formula is C21H25FN4O3. The van der Waals surface area contributed by atoms with E-state index in [-0.39, 0.29) is 34.9 Å². The molecule has 154 valence electrons. The third-order valence-electron chi connectivity index (χ3n) is 5.53. The van der Waals surface area contributed by atoms with Gasteiger partial charge in [-0.05, 0) is 49.4 Å². The zero-order chi connectivity index (χ0) is 21.2. The lowest BCUT2D eigenvalue weighted by molar-refractivity contribution is -0.384. The lowest BCUT2D eigenvalue weighted by atomic mass is 9.77. The van der Waals surface area contributed by atoms with Gasteiger partial charge in [-0.25, -0.2) is 4.39 Å². The first-order chi connectivity index (χ1) is 13.7. The van der Waals surface area contributed by atoms with Crippen molar-refractivity contribution in [3.8, 4) is 0 Å². The molecule has 7 nitrogen and oxygen atoms in total. The van der Waals surface area contributed by atoms with Crippen LogP contribution in [0, 0.1) is 21.3 Å². The van der Waals surface area contributed by atoms with Crippen LogP contribution < -0.4 is 16.0 Å². The van der Waals surface area contributed by atoms with Crippen LogP contribution in [0.4, 0.5) is 15.8 Å². The molecule has 2 aromatic carbocycles. The number of amides is 1. The number of carbonyl (C=O) groups is 1. The minimum Gasteiger partial charge on any atom is -0.381 e. The van der Waals surface area contributed by atoms with E-state index in [2.05, 4.69) is 29.8 Å². The SMILES string of the molecule is CNC1CC(C(C)(C)CNC(=O)c2ccc(F)cc2)Nc2ccc([N+](=O)[O-])cc21. The number of rotatable bonds is 6. The number of nitrogens with one attached hydrogen (secondary N) is 3. The first-order valence-electron chi connectivity index (χ1n) is 9.47. The Hall–Kier alpha value is -3.00. The van der Waals surface area contributed by atoms with Crippen LogP contribution in [-0.2, 0) is 0 Å². The number of nitro groups is 1. The molecule has 3 rings (SSSR count). The van der Waals surface area contributed by atoms with Crippen molar-refractivity contribution >= 4 is 17.3 Å². The lowest BCUT2D eigenvalue weighted by Gasteiger charge is -2.42.